The van der Waals surface area contributed by atoms with Gasteiger partial charge in [0.2, 0.25) is 0 Å². The van der Waals surface area contributed by atoms with Gasteiger partial charge in [0.25, 0.3) is 0 Å². The predicted octanol–water partition coefficient (Wildman–Crippen LogP) is 5.83. The zero-order valence-corrected chi connectivity index (χ0v) is 13.9. The fourth-order valence-electron chi connectivity index (χ4n) is 3.73. The van der Waals surface area contributed by atoms with Gasteiger partial charge in [-0.2, -0.15) is 0 Å². The summed E-state index contributed by atoms with van der Waals surface area (Å²) in [5, 5.41) is 0.0350. The molecule has 1 atom stereocenters. The van der Waals surface area contributed by atoms with Crippen molar-refractivity contribution in [3.8, 4) is 0 Å². The van der Waals surface area contributed by atoms with E-state index >= 15 is 0 Å². The molecule has 2 aromatic rings. The van der Waals surface area contributed by atoms with Crippen LogP contribution >= 0.6 is 22.9 Å². The maximum absolute atomic E-state index is 6.80. The summed E-state index contributed by atoms with van der Waals surface area (Å²) in [5.41, 5.74) is 5.91. The minimum atomic E-state index is 0.0350. The first-order chi connectivity index (χ1) is 10.3. The van der Waals surface area contributed by atoms with E-state index < -0.39 is 0 Å². The number of benzene rings is 1. The second-order valence-corrected chi connectivity index (χ2v) is 8.01. The number of hydrogen-bond acceptors (Lipinski definition) is 1. The Morgan fingerprint density at radius 2 is 1.62 bits per heavy atom. The van der Waals surface area contributed by atoms with E-state index in [-0.39, 0.29) is 5.38 Å². The summed E-state index contributed by atoms with van der Waals surface area (Å²) in [5.74, 6) is 0. The number of fused-ring (bicyclic) bond motifs is 2. The fourth-order valence-corrected chi connectivity index (χ4v) is 5.33. The van der Waals surface area contributed by atoms with Gasteiger partial charge in [-0.1, -0.05) is 24.6 Å². The minimum Gasteiger partial charge on any atom is -0.143 e. The minimum absolute atomic E-state index is 0.0350. The maximum atomic E-state index is 6.80. The highest BCUT2D eigenvalue weighted by molar-refractivity contribution is 7.12. The van der Waals surface area contributed by atoms with Gasteiger partial charge in [-0.3, -0.25) is 0 Å². The summed E-state index contributed by atoms with van der Waals surface area (Å²) in [6.07, 6.45) is 10.4. The molecule has 1 heterocycles. The Hall–Kier alpha value is -0.790. The smallest absolute Gasteiger partial charge is 0.0928 e. The average molecular weight is 317 g/mol. The first-order valence-corrected chi connectivity index (χ1v) is 9.44. The molecule has 0 radical (unpaired) electrons. The Bertz CT molecular complexity index is 632. The molecule has 21 heavy (non-hydrogen) atoms. The molecular weight excluding hydrogens is 296 g/mol. The molecule has 0 spiro atoms. The Morgan fingerprint density at radius 3 is 2.57 bits per heavy atom. The van der Waals surface area contributed by atoms with E-state index in [4.69, 9.17) is 11.6 Å². The van der Waals surface area contributed by atoms with E-state index in [1.807, 2.05) is 11.3 Å². The molecule has 0 saturated heterocycles. The lowest BCUT2D eigenvalue weighted by atomic mass is 10.0. The van der Waals surface area contributed by atoms with Crippen LogP contribution in [0, 0.1) is 0 Å². The van der Waals surface area contributed by atoms with Crippen molar-refractivity contribution in [2.45, 2.75) is 56.7 Å². The van der Waals surface area contributed by atoms with Gasteiger partial charge in [0, 0.05) is 9.75 Å². The molecule has 0 saturated carbocycles. The number of alkyl halides is 1. The van der Waals surface area contributed by atoms with Crippen LogP contribution in [0.1, 0.15) is 63.1 Å². The predicted molar refractivity (Wildman–Crippen MR) is 91.7 cm³/mol. The van der Waals surface area contributed by atoms with E-state index in [0.717, 1.165) is 0 Å². The van der Waals surface area contributed by atoms with E-state index in [2.05, 4.69) is 24.3 Å². The van der Waals surface area contributed by atoms with Crippen molar-refractivity contribution >= 4 is 22.9 Å². The molecule has 1 aromatic carbocycles. The molecular formula is C19H21ClS. The molecule has 0 aliphatic heterocycles. The highest BCUT2D eigenvalue weighted by Crippen LogP contribution is 2.39. The summed E-state index contributed by atoms with van der Waals surface area (Å²) >= 11 is 8.76. The molecule has 2 aliphatic carbocycles. The zero-order chi connectivity index (χ0) is 14.2. The van der Waals surface area contributed by atoms with Crippen LogP contribution in [0.2, 0.25) is 0 Å². The topological polar surface area (TPSA) is 0 Å². The molecule has 4 rings (SSSR count). The van der Waals surface area contributed by atoms with E-state index in [0.29, 0.717) is 0 Å². The Balaban J connectivity index is 1.64. The Morgan fingerprint density at radius 1 is 0.810 bits per heavy atom. The van der Waals surface area contributed by atoms with Crippen LogP contribution in [0.15, 0.2) is 24.3 Å². The molecule has 0 bridgehead atoms. The first kappa shape index (κ1) is 13.8. The number of thiophene rings is 1. The molecule has 0 amide bonds. The average Bonchev–Trinajstić information content (AvgIpc) is 3.08. The van der Waals surface area contributed by atoms with Gasteiger partial charge >= 0.3 is 0 Å². The zero-order valence-electron chi connectivity index (χ0n) is 12.3. The summed E-state index contributed by atoms with van der Waals surface area (Å²) in [6.45, 7) is 0. The Kier molecular flexibility index (Phi) is 3.81. The lowest BCUT2D eigenvalue weighted by Gasteiger charge is -2.10. The van der Waals surface area contributed by atoms with Gasteiger partial charge in [0.15, 0.2) is 0 Å². The number of aryl methyl sites for hydroxylation is 4. The molecule has 0 N–H and O–H groups in total. The highest BCUT2D eigenvalue weighted by Gasteiger charge is 2.20. The second-order valence-electron chi connectivity index (χ2n) is 6.40. The number of hydrogen-bond donors (Lipinski definition) is 0. The van der Waals surface area contributed by atoms with Gasteiger partial charge in [-0.05, 0) is 73.3 Å². The van der Waals surface area contributed by atoms with E-state index in [1.54, 1.807) is 10.4 Å². The second kappa shape index (κ2) is 5.78. The van der Waals surface area contributed by atoms with Crippen molar-refractivity contribution in [2.75, 3.05) is 0 Å². The first-order valence-electron chi connectivity index (χ1n) is 8.18. The van der Waals surface area contributed by atoms with Gasteiger partial charge in [0.1, 0.15) is 0 Å². The molecule has 1 aromatic heterocycles. The molecule has 2 heteroatoms. The normalized spacial score (nSPS) is 18.9. The largest absolute Gasteiger partial charge is 0.143 e. The number of halogens is 1. The van der Waals surface area contributed by atoms with Crippen molar-refractivity contribution in [1.82, 2.24) is 0 Å². The Labute approximate surface area is 136 Å². The third-order valence-corrected chi connectivity index (χ3v) is 6.85. The summed E-state index contributed by atoms with van der Waals surface area (Å²) in [6, 6.07) is 9.28. The van der Waals surface area contributed by atoms with Crippen molar-refractivity contribution < 1.29 is 0 Å². The lowest BCUT2D eigenvalue weighted by molar-refractivity contribution is 0.712. The fraction of sp³-hybridized carbons (Fsp3) is 0.474. The third kappa shape index (κ3) is 2.66. The van der Waals surface area contributed by atoms with Crippen molar-refractivity contribution in [1.29, 1.82) is 0 Å². The maximum Gasteiger partial charge on any atom is 0.0928 e. The van der Waals surface area contributed by atoms with Crippen LogP contribution in [0.4, 0.5) is 0 Å². The quantitative estimate of drug-likeness (QED) is 0.482. The van der Waals surface area contributed by atoms with Crippen LogP contribution < -0.4 is 0 Å². The summed E-state index contributed by atoms with van der Waals surface area (Å²) in [4.78, 5) is 2.94. The van der Waals surface area contributed by atoms with Gasteiger partial charge in [-0.25, -0.2) is 0 Å². The molecule has 0 fully saturated rings. The molecule has 0 nitrogen and oxygen atoms in total. The SMILES string of the molecule is ClC(c1ccc2c(c1)CCC2)c1cc2c(s1)CCCCC2. The monoisotopic (exact) mass is 316 g/mol. The van der Waals surface area contributed by atoms with E-state index in [9.17, 15) is 0 Å². The van der Waals surface area contributed by atoms with Crippen molar-refractivity contribution in [3.05, 3.63) is 56.3 Å². The summed E-state index contributed by atoms with van der Waals surface area (Å²) in [7, 11) is 0. The van der Waals surface area contributed by atoms with Crippen LogP contribution in [0.5, 0.6) is 0 Å². The van der Waals surface area contributed by atoms with E-state index in [1.165, 1.54) is 72.9 Å². The van der Waals surface area contributed by atoms with Gasteiger partial charge in [0.05, 0.1) is 5.38 Å². The highest BCUT2D eigenvalue weighted by atomic mass is 35.5. The van der Waals surface area contributed by atoms with Crippen LogP contribution in [0.3, 0.4) is 0 Å². The third-order valence-electron chi connectivity index (χ3n) is 4.93. The molecule has 2 aliphatic rings. The van der Waals surface area contributed by atoms with Gasteiger partial charge in [-0.15, -0.1) is 22.9 Å². The lowest BCUT2D eigenvalue weighted by Crippen LogP contribution is -1.93. The molecule has 110 valence electrons. The molecule has 1 unspecified atom stereocenters. The van der Waals surface area contributed by atoms with Crippen LogP contribution in [-0.4, -0.2) is 0 Å². The van der Waals surface area contributed by atoms with Crippen LogP contribution in [-0.2, 0) is 25.7 Å². The summed E-state index contributed by atoms with van der Waals surface area (Å²) < 4.78 is 0. The van der Waals surface area contributed by atoms with Gasteiger partial charge < -0.3 is 0 Å². The van der Waals surface area contributed by atoms with Crippen molar-refractivity contribution in [2.24, 2.45) is 0 Å². The number of rotatable bonds is 2. The standard InChI is InChI=1S/C19H21ClS/c20-19(16-10-9-13-6-4-7-14(13)11-16)18-12-15-5-2-1-3-8-17(15)21-18/h9-12,19H,1-8H2. The van der Waals surface area contributed by atoms with Crippen molar-refractivity contribution in [3.63, 3.8) is 0 Å². The van der Waals surface area contributed by atoms with Crippen LogP contribution in [0.25, 0.3) is 0 Å².